The molecule has 0 bridgehead atoms. The topological polar surface area (TPSA) is 30.0 Å². The van der Waals surface area contributed by atoms with Crippen LogP contribution < -0.4 is 0 Å². The molecule has 0 aliphatic heterocycles. The van der Waals surface area contributed by atoms with Crippen molar-refractivity contribution in [1.29, 1.82) is 0 Å². The number of Topliss-reactive ketones (excluding diaryl/α,β-unsaturated/α-hetero) is 1. The number of ketones is 1. The van der Waals surface area contributed by atoms with Crippen molar-refractivity contribution in [2.75, 3.05) is 0 Å². The Morgan fingerprint density at radius 2 is 2.29 bits per heavy atom. The van der Waals surface area contributed by atoms with Gasteiger partial charge in [0.2, 0.25) is 0 Å². The molecular formula is C14H13NOS. The highest BCUT2D eigenvalue weighted by Crippen LogP contribution is 2.33. The van der Waals surface area contributed by atoms with Crippen molar-refractivity contribution in [2.24, 2.45) is 0 Å². The first kappa shape index (κ1) is 10.7. The number of fused-ring (bicyclic) bond motifs is 1. The van der Waals surface area contributed by atoms with Crippen LogP contribution in [0, 0.1) is 0 Å². The van der Waals surface area contributed by atoms with Gasteiger partial charge in [0.15, 0.2) is 5.78 Å². The van der Waals surface area contributed by atoms with E-state index in [4.69, 9.17) is 0 Å². The number of carbonyl (C=O) groups is 1. The Kier molecular flexibility index (Phi) is 2.77. The Morgan fingerprint density at radius 1 is 1.35 bits per heavy atom. The lowest BCUT2D eigenvalue weighted by Gasteiger charge is -2.22. The Hall–Kier alpha value is -1.48. The van der Waals surface area contributed by atoms with E-state index in [9.17, 15) is 4.79 Å². The van der Waals surface area contributed by atoms with Gasteiger partial charge in [-0.3, -0.25) is 9.78 Å². The fourth-order valence-electron chi connectivity index (χ4n) is 2.46. The molecule has 0 N–H and O–H groups in total. The van der Waals surface area contributed by atoms with Gasteiger partial charge in [-0.25, -0.2) is 0 Å². The number of aromatic nitrogens is 1. The third kappa shape index (κ3) is 1.91. The number of nitrogens with zero attached hydrogens (tertiary/aromatic N) is 1. The van der Waals surface area contributed by atoms with Gasteiger partial charge in [-0.15, -0.1) is 11.3 Å². The summed E-state index contributed by atoms with van der Waals surface area (Å²) in [7, 11) is 0. The molecule has 2 heterocycles. The van der Waals surface area contributed by atoms with Crippen molar-refractivity contribution in [1.82, 2.24) is 4.98 Å². The van der Waals surface area contributed by atoms with Crippen molar-refractivity contribution >= 4 is 17.1 Å². The van der Waals surface area contributed by atoms with Gasteiger partial charge in [-0.1, -0.05) is 12.1 Å². The number of carbonyl (C=O) groups excluding carboxylic acids is 1. The largest absolute Gasteiger partial charge is 0.293 e. The first-order valence-electron chi connectivity index (χ1n) is 5.88. The van der Waals surface area contributed by atoms with Crippen LogP contribution in [0.25, 0.3) is 0 Å². The molecule has 1 aliphatic rings. The van der Waals surface area contributed by atoms with Crippen LogP contribution in [0.3, 0.4) is 0 Å². The van der Waals surface area contributed by atoms with E-state index < -0.39 is 0 Å². The minimum atomic E-state index is -0.0291. The smallest absolute Gasteiger partial charge is 0.181 e. The molecule has 86 valence electrons. The van der Waals surface area contributed by atoms with E-state index in [1.807, 2.05) is 23.6 Å². The Balaban J connectivity index is 1.98. The van der Waals surface area contributed by atoms with Crippen molar-refractivity contribution in [3.8, 4) is 0 Å². The van der Waals surface area contributed by atoms with E-state index in [-0.39, 0.29) is 11.7 Å². The second-order valence-corrected chi connectivity index (χ2v) is 5.28. The molecule has 0 fully saturated rings. The molecule has 17 heavy (non-hydrogen) atoms. The van der Waals surface area contributed by atoms with Crippen LogP contribution in [0.2, 0.25) is 0 Å². The molecule has 0 saturated heterocycles. The van der Waals surface area contributed by atoms with Crippen LogP contribution in [0.1, 0.15) is 39.7 Å². The Bertz CT molecular complexity index is 533. The quantitative estimate of drug-likeness (QED) is 0.756. The summed E-state index contributed by atoms with van der Waals surface area (Å²) in [6.45, 7) is 0. The van der Waals surface area contributed by atoms with Gasteiger partial charge in [0.25, 0.3) is 0 Å². The lowest BCUT2D eigenvalue weighted by atomic mass is 9.83. The zero-order valence-electron chi connectivity index (χ0n) is 9.43. The number of hydrogen-bond donors (Lipinski definition) is 0. The van der Waals surface area contributed by atoms with Crippen LogP contribution >= 0.6 is 11.3 Å². The monoisotopic (exact) mass is 243 g/mol. The van der Waals surface area contributed by atoms with E-state index in [2.05, 4.69) is 11.1 Å². The van der Waals surface area contributed by atoms with Crippen LogP contribution in [-0.4, -0.2) is 10.8 Å². The van der Waals surface area contributed by atoms with Gasteiger partial charge in [0, 0.05) is 6.20 Å². The summed E-state index contributed by atoms with van der Waals surface area (Å²) in [6.07, 6.45) is 4.86. The van der Waals surface area contributed by atoms with Gasteiger partial charge in [-0.2, -0.15) is 0 Å². The van der Waals surface area contributed by atoms with E-state index in [1.165, 1.54) is 16.9 Å². The molecule has 0 radical (unpaired) electrons. The molecule has 2 nitrogen and oxygen atoms in total. The SMILES string of the molecule is O=C(c1cccs1)C1CCCc2cccnc21. The molecule has 1 unspecified atom stereocenters. The van der Waals surface area contributed by atoms with Gasteiger partial charge in [0.05, 0.1) is 16.5 Å². The first-order chi connectivity index (χ1) is 8.36. The molecule has 1 aliphatic carbocycles. The Labute approximate surface area is 104 Å². The molecule has 0 spiro atoms. The van der Waals surface area contributed by atoms with Crippen molar-refractivity contribution < 1.29 is 4.79 Å². The zero-order valence-corrected chi connectivity index (χ0v) is 10.2. The van der Waals surface area contributed by atoms with E-state index in [1.54, 1.807) is 6.20 Å². The van der Waals surface area contributed by atoms with Crippen LogP contribution in [0.4, 0.5) is 0 Å². The van der Waals surface area contributed by atoms with E-state index >= 15 is 0 Å². The molecule has 2 aromatic heterocycles. The summed E-state index contributed by atoms with van der Waals surface area (Å²) in [5, 5.41) is 1.95. The highest BCUT2D eigenvalue weighted by molar-refractivity contribution is 7.12. The van der Waals surface area contributed by atoms with Crippen LogP contribution in [0.15, 0.2) is 35.8 Å². The van der Waals surface area contributed by atoms with Gasteiger partial charge >= 0.3 is 0 Å². The molecule has 1 atom stereocenters. The number of hydrogen-bond acceptors (Lipinski definition) is 3. The van der Waals surface area contributed by atoms with Crippen molar-refractivity contribution in [2.45, 2.75) is 25.2 Å². The van der Waals surface area contributed by atoms with Crippen molar-refractivity contribution in [3.05, 3.63) is 52.0 Å². The van der Waals surface area contributed by atoms with Gasteiger partial charge in [0.1, 0.15) is 0 Å². The number of thiophene rings is 1. The summed E-state index contributed by atoms with van der Waals surface area (Å²) in [4.78, 5) is 17.7. The minimum absolute atomic E-state index is 0.0291. The number of rotatable bonds is 2. The fourth-order valence-corrected chi connectivity index (χ4v) is 3.17. The average Bonchev–Trinajstić information content (AvgIpc) is 2.91. The third-order valence-corrected chi connectivity index (χ3v) is 4.16. The first-order valence-corrected chi connectivity index (χ1v) is 6.76. The zero-order chi connectivity index (χ0) is 11.7. The molecule has 0 aromatic carbocycles. The van der Waals surface area contributed by atoms with Crippen LogP contribution in [-0.2, 0) is 6.42 Å². The second-order valence-electron chi connectivity index (χ2n) is 4.33. The number of pyridine rings is 1. The van der Waals surface area contributed by atoms with E-state index in [0.717, 1.165) is 29.8 Å². The maximum atomic E-state index is 12.4. The van der Waals surface area contributed by atoms with E-state index in [0.29, 0.717) is 0 Å². The summed E-state index contributed by atoms with van der Waals surface area (Å²) in [5.74, 6) is 0.207. The summed E-state index contributed by atoms with van der Waals surface area (Å²) < 4.78 is 0. The predicted molar refractivity (Wildman–Crippen MR) is 68.6 cm³/mol. The maximum Gasteiger partial charge on any atom is 0.181 e. The fraction of sp³-hybridized carbons (Fsp3) is 0.286. The highest BCUT2D eigenvalue weighted by atomic mass is 32.1. The standard InChI is InChI=1S/C14H13NOS/c16-14(12-7-3-9-17-12)11-6-1-4-10-5-2-8-15-13(10)11/h2-3,5,7-9,11H,1,4,6H2. The maximum absolute atomic E-state index is 12.4. The molecule has 2 aromatic rings. The molecule has 0 saturated carbocycles. The summed E-state index contributed by atoms with van der Waals surface area (Å²) >= 11 is 1.52. The van der Waals surface area contributed by atoms with Gasteiger partial charge in [-0.05, 0) is 42.3 Å². The lowest BCUT2D eigenvalue weighted by molar-refractivity contribution is 0.0953. The molecular weight excluding hydrogens is 230 g/mol. The predicted octanol–water partition coefficient (Wildman–Crippen LogP) is 3.45. The summed E-state index contributed by atoms with van der Waals surface area (Å²) in [6, 6.07) is 7.89. The van der Waals surface area contributed by atoms with Gasteiger partial charge < -0.3 is 0 Å². The lowest BCUT2D eigenvalue weighted by Crippen LogP contribution is -2.19. The Morgan fingerprint density at radius 3 is 3.12 bits per heavy atom. The average molecular weight is 243 g/mol. The van der Waals surface area contributed by atoms with Crippen molar-refractivity contribution in [3.63, 3.8) is 0 Å². The summed E-state index contributed by atoms with van der Waals surface area (Å²) in [5.41, 5.74) is 2.24. The second kappa shape index (κ2) is 4.41. The highest BCUT2D eigenvalue weighted by Gasteiger charge is 2.28. The molecule has 3 rings (SSSR count). The number of aryl methyl sites for hydroxylation is 1. The third-order valence-electron chi connectivity index (χ3n) is 3.28. The van der Waals surface area contributed by atoms with Crippen LogP contribution in [0.5, 0.6) is 0 Å². The molecule has 0 amide bonds. The normalized spacial score (nSPS) is 18.7. The minimum Gasteiger partial charge on any atom is -0.293 e. The molecule has 3 heteroatoms.